The van der Waals surface area contributed by atoms with Crippen LogP contribution in [0.1, 0.15) is 22.8 Å². The molecule has 0 radical (unpaired) electrons. The first-order chi connectivity index (χ1) is 14.7. The monoisotopic (exact) mass is 435 g/mol. The highest BCUT2D eigenvalue weighted by Gasteiger charge is 2.30. The smallest absolute Gasteiger partial charge is 0.416 e. The van der Waals surface area contributed by atoms with Gasteiger partial charge in [0.1, 0.15) is 11.6 Å². The fraction of sp³-hybridized carbons (Fsp3) is 0.190. The van der Waals surface area contributed by atoms with Gasteiger partial charge in [0.2, 0.25) is 5.88 Å². The van der Waals surface area contributed by atoms with E-state index in [1.54, 1.807) is 6.92 Å². The van der Waals surface area contributed by atoms with Crippen molar-refractivity contribution in [2.75, 3.05) is 6.61 Å². The number of aliphatic hydroxyl groups is 1. The fourth-order valence-electron chi connectivity index (χ4n) is 2.60. The summed E-state index contributed by atoms with van der Waals surface area (Å²) in [6.07, 6.45) is -0.963. The lowest BCUT2D eigenvalue weighted by Gasteiger charge is -2.14. The lowest BCUT2D eigenvalue weighted by molar-refractivity contribution is -0.137. The number of aliphatic hydroxyl groups excluding tert-OH is 1. The van der Waals surface area contributed by atoms with Crippen LogP contribution in [0.2, 0.25) is 0 Å². The number of ether oxygens (including phenoxy) is 1. The average Bonchev–Trinajstić information content (AvgIpc) is 2.73. The summed E-state index contributed by atoms with van der Waals surface area (Å²) in [5.41, 5.74) is -0.276. The molecule has 0 spiro atoms. The molecular weight excluding hydrogens is 418 g/mol. The number of nitrogens with one attached hydrogen (secondary N) is 1. The molecule has 0 unspecified atom stereocenters. The zero-order chi connectivity index (χ0) is 22.6. The van der Waals surface area contributed by atoms with E-state index in [1.807, 2.05) is 0 Å². The van der Waals surface area contributed by atoms with E-state index in [4.69, 9.17) is 9.84 Å². The number of alkyl halides is 3. The number of hydrogen-bond donors (Lipinski definition) is 2. The van der Waals surface area contributed by atoms with Crippen molar-refractivity contribution in [3.63, 3.8) is 0 Å². The summed E-state index contributed by atoms with van der Waals surface area (Å²) in [5.74, 6) is -1.15. The van der Waals surface area contributed by atoms with Gasteiger partial charge in [0.25, 0.3) is 5.91 Å². The second-order valence-corrected chi connectivity index (χ2v) is 6.65. The third kappa shape index (κ3) is 5.54. The zero-order valence-electron chi connectivity index (χ0n) is 16.2. The van der Waals surface area contributed by atoms with Crippen LogP contribution < -0.4 is 10.1 Å². The number of amides is 1. The first-order valence-electron chi connectivity index (χ1n) is 9.05. The van der Waals surface area contributed by atoms with E-state index in [-0.39, 0.29) is 34.9 Å². The largest absolute Gasteiger partial charge is 0.438 e. The Morgan fingerprint density at radius 1 is 1.16 bits per heavy atom. The number of halogens is 4. The van der Waals surface area contributed by atoms with Crippen LogP contribution in [0.3, 0.4) is 0 Å². The van der Waals surface area contributed by atoms with E-state index < -0.39 is 29.5 Å². The van der Waals surface area contributed by atoms with Crippen molar-refractivity contribution in [1.29, 1.82) is 0 Å². The quantitative estimate of drug-likeness (QED) is 0.567. The predicted molar refractivity (Wildman–Crippen MR) is 103 cm³/mol. The molecule has 2 N–H and O–H groups in total. The molecule has 6 nitrogen and oxygen atoms in total. The van der Waals surface area contributed by atoms with Gasteiger partial charge in [-0.3, -0.25) is 9.78 Å². The first kappa shape index (κ1) is 22.2. The first-order valence-corrected chi connectivity index (χ1v) is 9.05. The number of aromatic nitrogens is 2. The minimum absolute atomic E-state index is 0.0566. The molecule has 0 fully saturated rings. The molecule has 31 heavy (non-hydrogen) atoms. The van der Waals surface area contributed by atoms with E-state index in [0.29, 0.717) is 0 Å². The van der Waals surface area contributed by atoms with Crippen LogP contribution in [0.4, 0.5) is 17.6 Å². The average molecular weight is 435 g/mol. The van der Waals surface area contributed by atoms with E-state index >= 15 is 0 Å². The lowest BCUT2D eigenvalue weighted by Crippen LogP contribution is -2.35. The Hall–Kier alpha value is -3.53. The summed E-state index contributed by atoms with van der Waals surface area (Å²) in [6.45, 7) is 1.33. The number of pyridine rings is 2. The summed E-state index contributed by atoms with van der Waals surface area (Å²) in [6, 6.07) is 6.01. The number of nitrogens with zero attached hydrogens (tertiary/aromatic N) is 2. The third-order valence-corrected chi connectivity index (χ3v) is 4.18. The minimum atomic E-state index is -4.49. The van der Waals surface area contributed by atoms with Gasteiger partial charge in [0, 0.05) is 29.6 Å². The highest BCUT2D eigenvalue weighted by atomic mass is 19.4. The van der Waals surface area contributed by atoms with E-state index in [2.05, 4.69) is 15.3 Å². The second kappa shape index (κ2) is 9.09. The van der Waals surface area contributed by atoms with Crippen molar-refractivity contribution in [2.45, 2.75) is 19.1 Å². The van der Waals surface area contributed by atoms with Gasteiger partial charge in [-0.1, -0.05) is 0 Å². The number of carbonyl (C=O) groups excluding carboxylic acids is 1. The van der Waals surface area contributed by atoms with Crippen molar-refractivity contribution in [3.05, 3.63) is 71.9 Å². The molecular formula is C21H17F4N3O3. The Morgan fingerprint density at radius 2 is 1.87 bits per heavy atom. The normalized spacial score (nSPS) is 12.3. The van der Waals surface area contributed by atoms with Gasteiger partial charge in [0.05, 0.1) is 23.9 Å². The van der Waals surface area contributed by atoms with Gasteiger partial charge in [-0.25, -0.2) is 9.37 Å². The van der Waals surface area contributed by atoms with E-state index in [0.717, 1.165) is 36.5 Å². The molecule has 1 amide bonds. The molecule has 1 atom stereocenters. The van der Waals surface area contributed by atoms with Crippen LogP contribution in [0.5, 0.6) is 11.6 Å². The SMILES string of the molecule is C[C@H](CO)NC(=O)c1cnc(Oc2ccc(C(F)(F)F)cc2)c(-c2cncc(F)c2)c1. The molecule has 0 aliphatic heterocycles. The van der Waals surface area contributed by atoms with Gasteiger partial charge >= 0.3 is 6.18 Å². The van der Waals surface area contributed by atoms with E-state index in [1.165, 1.54) is 18.5 Å². The molecule has 162 valence electrons. The Labute approximate surface area is 174 Å². The summed E-state index contributed by atoms with van der Waals surface area (Å²) in [4.78, 5) is 20.2. The Kier molecular flexibility index (Phi) is 6.50. The van der Waals surface area contributed by atoms with Crippen LogP contribution in [-0.4, -0.2) is 33.6 Å². The fourth-order valence-corrected chi connectivity index (χ4v) is 2.60. The second-order valence-electron chi connectivity index (χ2n) is 6.65. The van der Waals surface area contributed by atoms with Crippen LogP contribution in [0.25, 0.3) is 11.1 Å². The standard InChI is InChI=1S/C21H17F4N3O3/c1-12(11-29)28-19(30)14-7-18(13-6-16(22)10-26-8-13)20(27-9-14)31-17-4-2-15(3-5-17)21(23,24)25/h2-10,12,29H,11H2,1H3,(H,28,30)/t12-/m1/s1. The van der Waals surface area contributed by atoms with Crippen molar-refractivity contribution in [2.24, 2.45) is 0 Å². The molecule has 0 bridgehead atoms. The van der Waals surface area contributed by atoms with Crippen LogP contribution in [0.15, 0.2) is 55.0 Å². The maximum absolute atomic E-state index is 13.7. The van der Waals surface area contributed by atoms with Crippen molar-refractivity contribution < 1.29 is 32.2 Å². The highest BCUT2D eigenvalue weighted by molar-refractivity contribution is 5.95. The summed E-state index contributed by atoms with van der Waals surface area (Å²) < 4.78 is 57.6. The number of hydrogen-bond acceptors (Lipinski definition) is 5. The summed E-state index contributed by atoms with van der Waals surface area (Å²) in [5, 5.41) is 11.7. The third-order valence-electron chi connectivity index (χ3n) is 4.18. The molecule has 3 rings (SSSR count). The molecule has 0 aliphatic carbocycles. The van der Waals surface area contributed by atoms with Crippen molar-refractivity contribution >= 4 is 5.91 Å². The Morgan fingerprint density at radius 3 is 2.48 bits per heavy atom. The minimum Gasteiger partial charge on any atom is -0.438 e. The Balaban J connectivity index is 1.98. The number of benzene rings is 1. The number of carbonyl (C=O) groups is 1. The summed E-state index contributed by atoms with van der Waals surface area (Å²) >= 11 is 0. The van der Waals surface area contributed by atoms with Gasteiger partial charge in [-0.15, -0.1) is 0 Å². The molecule has 10 heteroatoms. The van der Waals surface area contributed by atoms with Crippen LogP contribution in [-0.2, 0) is 6.18 Å². The summed E-state index contributed by atoms with van der Waals surface area (Å²) in [7, 11) is 0. The lowest BCUT2D eigenvalue weighted by atomic mass is 10.1. The maximum Gasteiger partial charge on any atom is 0.416 e. The van der Waals surface area contributed by atoms with Crippen molar-refractivity contribution in [3.8, 4) is 22.8 Å². The van der Waals surface area contributed by atoms with Gasteiger partial charge in [-0.2, -0.15) is 13.2 Å². The highest BCUT2D eigenvalue weighted by Crippen LogP contribution is 2.34. The predicted octanol–water partition coefficient (Wildman–Crippen LogP) is 4.20. The van der Waals surface area contributed by atoms with E-state index in [9.17, 15) is 22.4 Å². The van der Waals surface area contributed by atoms with Gasteiger partial charge in [-0.05, 0) is 43.3 Å². The molecule has 1 aromatic carbocycles. The molecule has 2 heterocycles. The molecule has 0 saturated carbocycles. The zero-order valence-corrected chi connectivity index (χ0v) is 16.2. The topological polar surface area (TPSA) is 84.3 Å². The number of rotatable bonds is 6. The molecule has 0 saturated heterocycles. The van der Waals surface area contributed by atoms with Crippen LogP contribution >= 0.6 is 0 Å². The van der Waals surface area contributed by atoms with Crippen LogP contribution in [0, 0.1) is 5.82 Å². The van der Waals surface area contributed by atoms with Gasteiger partial charge < -0.3 is 15.2 Å². The molecule has 0 aliphatic rings. The Bertz CT molecular complexity index is 1070. The molecule has 3 aromatic rings. The maximum atomic E-state index is 13.7. The molecule has 2 aromatic heterocycles. The van der Waals surface area contributed by atoms with Gasteiger partial charge in [0.15, 0.2) is 0 Å². The van der Waals surface area contributed by atoms with Crippen molar-refractivity contribution in [1.82, 2.24) is 15.3 Å².